The molecule has 1 saturated heterocycles. The topological polar surface area (TPSA) is 43.2 Å². The smallest absolute Gasteiger partial charge is 0.191 e. The van der Waals surface area contributed by atoms with Gasteiger partial charge in [-0.05, 0) is 29.8 Å². The van der Waals surface area contributed by atoms with Crippen molar-refractivity contribution in [1.29, 1.82) is 0 Å². The number of ether oxygens (including phenoxy) is 1. The Balaban J connectivity index is 1.53. The SMILES string of the molecule is Clc1ccc(-c2nnc(SCCN3CCOCC3)n2Cc2ccccc2)cc1. The van der Waals surface area contributed by atoms with E-state index in [2.05, 4.69) is 43.9 Å². The molecule has 7 heteroatoms. The molecule has 4 rings (SSSR count). The fourth-order valence-corrected chi connectivity index (χ4v) is 4.27. The quantitative estimate of drug-likeness (QED) is 0.545. The highest BCUT2D eigenvalue weighted by atomic mass is 35.5. The Kier molecular flexibility index (Phi) is 6.65. The Bertz CT molecular complexity index is 879. The first-order chi connectivity index (χ1) is 13.8. The lowest BCUT2D eigenvalue weighted by Gasteiger charge is -2.26. The molecule has 2 aromatic carbocycles. The summed E-state index contributed by atoms with van der Waals surface area (Å²) < 4.78 is 7.62. The van der Waals surface area contributed by atoms with Crippen LogP contribution < -0.4 is 0 Å². The van der Waals surface area contributed by atoms with Gasteiger partial charge in [0.15, 0.2) is 11.0 Å². The van der Waals surface area contributed by atoms with Crippen molar-refractivity contribution in [3.63, 3.8) is 0 Å². The summed E-state index contributed by atoms with van der Waals surface area (Å²) in [6.45, 7) is 5.44. The maximum absolute atomic E-state index is 6.06. The van der Waals surface area contributed by atoms with E-state index in [9.17, 15) is 0 Å². The molecule has 146 valence electrons. The fraction of sp³-hybridized carbons (Fsp3) is 0.333. The summed E-state index contributed by atoms with van der Waals surface area (Å²) >= 11 is 7.82. The van der Waals surface area contributed by atoms with E-state index < -0.39 is 0 Å². The van der Waals surface area contributed by atoms with Crippen molar-refractivity contribution in [2.75, 3.05) is 38.6 Å². The van der Waals surface area contributed by atoms with Gasteiger partial charge in [0, 0.05) is 36.0 Å². The van der Waals surface area contributed by atoms with Gasteiger partial charge in [0.1, 0.15) is 0 Å². The van der Waals surface area contributed by atoms with E-state index in [0.717, 1.165) is 66.7 Å². The summed E-state index contributed by atoms with van der Waals surface area (Å²) in [7, 11) is 0. The molecule has 2 heterocycles. The molecule has 1 aliphatic heterocycles. The summed E-state index contributed by atoms with van der Waals surface area (Å²) in [6.07, 6.45) is 0. The van der Waals surface area contributed by atoms with Crippen LogP contribution in [0.15, 0.2) is 59.8 Å². The van der Waals surface area contributed by atoms with Gasteiger partial charge in [-0.3, -0.25) is 9.47 Å². The number of nitrogens with zero attached hydrogens (tertiary/aromatic N) is 4. The third kappa shape index (κ3) is 4.94. The zero-order chi connectivity index (χ0) is 19.2. The number of aromatic nitrogens is 3. The van der Waals surface area contributed by atoms with Gasteiger partial charge in [-0.1, -0.05) is 53.7 Å². The molecule has 1 fully saturated rings. The molecule has 1 aliphatic rings. The highest BCUT2D eigenvalue weighted by molar-refractivity contribution is 7.99. The minimum Gasteiger partial charge on any atom is -0.379 e. The molecular formula is C21H23ClN4OS. The Morgan fingerprint density at radius 3 is 2.46 bits per heavy atom. The molecule has 28 heavy (non-hydrogen) atoms. The van der Waals surface area contributed by atoms with Crippen LogP contribution in [0.2, 0.25) is 5.02 Å². The Hall–Kier alpha value is -1.86. The number of halogens is 1. The molecule has 0 N–H and O–H groups in total. The lowest BCUT2D eigenvalue weighted by molar-refractivity contribution is 0.0410. The lowest BCUT2D eigenvalue weighted by atomic mass is 10.2. The highest BCUT2D eigenvalue weighted by Gasteiger charge is 2.16. The van der Waals surface area contributed by atoms with Crippen LogP contribution in [0.25, 0.3) is 11.4 Å². The number of hydrogen-bond acceptors (Lipinski definition) is 5. The van der Waals surface area contributed by atoms with E-state index in [0.29, 0.717) is 0 Å². The Morgan fingerprint density at radius 2 is 1.71 bits per heavy atom. The van der Waals surface area contributed by atoms with Gasteiger partial charge in [-0.15, -0.1) is 10.2 Å². The lowest BCUT2D eigenvalue weighted by Crippen LogP contribution is -2.37. The molecule has 5 nitrogen and oxygen atoms in total. The second-order valence-corrected chi connectivity index (χ2v) is 8.19. The second kappa shape index (κ2) is 9.56. The van der Waals surface area contributed by atoms with Crippen molar-refractivity contribution in [3.05, 3.63) is 65.2 Å². The van der Waals surface area contributed by atoms with Crippen LogP contribution in [0, 0.1) is 0 Å². The first kappa shape index (κ1) is 19.5. The predicted octanol–water partition coefficient (Wildman–Crippen LogP) is 4.07. The van der Waals surface area contributed by atoms with Gasteiger partial charge in [0.2, 0.25) is 0 Å². The molecular weight excluding hydrogens is 392 g/mol. The van der Waals surface area contributed by atoms with Crippen molar-refractivity contribution in [1.82, 2.24) is 19.7 Å². The summed E-state index contributed by atoms with van der Waals surface area (Å²) in [5.74, 6) is 1.85. The van der Waals surface area contributed by atoms with Crippen LogP contribution in [0.1, 0.15) is 5.56 Å². The zero-order valence-electron chi connectivity index (χ0n) is 15.6. The molecule has 0 amide bonds. The number of benzene rings is 2. The summed E-state index contributed by atoms with van der Waals surface area (Å²) in [4.78, 5) is 2.44. The van der Waals surface area contributed by atoms with E-state index >= 15 is 0 Å². The molecule has 1 aromatic heterocycles. The number of morpholine rings is 1. The number of hydrogen-bond donors (Lipinski definition) is 0. The first-order valence-electron chi connectivity index (χ1n) is 9.45. The molecule has 3 aromatic rings. The first-order valence-corrected chi connectivity index (χ1v) is 10.8. The molecule has 0 unspecified atom stereocenters. The molecule has 0 spiro atoms. The van der Waals surface area contributed by atoms with Gasteiger partial charge in [0.25, 0.3) is 0 Å². The summed E-state index contributed by atoms with van der Waals surface area (Å²) in [5, 5.41) is 10.7. The largest absolute Gasteiger partial charge is 0.379 e. The molecule has 0 radical (unpaired) electrons. The van der Waals surface area contributed by atoms with Crippen molar-refractivity contribution in [2.45, 2.75) is 11.7 Å². The standard InChI is InChI=1S/C21H23ClN4OS/c22-19-8-6-18(7-9-19)20-23-24-21(26(20)16-17-4-2-1-3-5-17)28-15-12-25-10-13-27-14-11-25/h1-9H,10-16H2. The zero-order valence-corrected chi connectivity index (χ0v) is 17.2. The van der Waals surface area contributed by atoms with Gasteiger partial charge in [-0.2, -0.15) is 0 Å². The van der Waals surface area contributed by atoms with E-state index in [-0.39, 0.29) is 0 Å². The average Bonchev–Trinajstić information content (AvgIpc) is 3.13. The van der Waals surface area contributed by atoms with Crippen LogP contribution in [0.4, 0.5) is 0 Å². The average molecular weight is 415 g/mol. The number of rotatable bonds is 7. The maximum atomic E-state index is 6.06. The number of thioether (sulfide) groups is 1. The Morgan fingerprint density at radius 1 is 0.964 bits per heavy atom. The van der Waals surface area contributed by atoms with E-state index in [1.54, 1.807) is 11.8 Å². The van der Waals surface area contributed by atoms with Crippen molar-refractivity contribution in [2.24, 2.45) is 0 Å². The van der Waals surface area contributed by atoms with E-state index in [4.69, 9.17) is 16.3 Å². The second-order valence-electron chi connectivity index (χ2n) is 6.69. The normalized spacial score (nSPS) is 15.0. The summed E-state index contributed by atoms with van der Waals surface area (Å²) in [6, 6.07) is 18.2. The van der Waals surface area contributed by atoms with E-state index in [1.807, 2.05) is 30.3 Å². The van der Waals surface area contributed by atoms with Gasteiger partial charge < -0.3 is 4.74 Å². The third-order valence-electron chi connectivity index (χ3n) is 4.75. The summed E-state index contributed by atoms with van der Waals surface area (Å²) in [5.41, 5.74) is 2.25. The minimum absolute atomic E-state index is 0.720. The van der Waals surface area contributed by atoms with Crippen molar-refractivity contribution in [3.8, 4) is 11.4 Å². The molecule has 0 saturated carbocycles. The van der Waals surface area contributed by atoms with Gasteiger partial charge >= 0.3 is 0 Å². The third-order valence-corrected chi connectivity index (χ3v) is 5.94. The maximum Gasteiger partial charge on any atom is 0.191 e. The van der Waals surface area contributed by atoms with Crippen LogP contribution in [-0.4, -0.2) is 58.3 Å². The van der Waals surface area contributed by atoms with Crippen molar-refractivity contribution >= 4 is 23.4 Å². The van der Waals surface area contributed by atoms with Crippen LogP contribution >= 0.6 is 23.4 Å². The molecule has 0 aliphatic carbocycles. The van der Waals surface area contributed by atoms with Gasteiger partial charge in [-0.25, -0.2) is 0 Å². The van der Waals surface area contributed by atoms with Crippen LogP contribution in [0.5, 0.6) is 0 Å². The monoisotopic (exact) mass is 414 g/mol. The van der Waals surface area contributed by atoms with Gasteiger partial charge in [0.05, 0.1) is 19.8 Å². The minimum atomic E-state index is 0.720. The molecule has 0 atom stereocenters. The highest BCUT2D eigenvalue weighted by Crippen LogP contribution is 2.26. The van der Waals surface area contributed by atoms with Crippen LogP contribution in [0.3, 0.4) is 0 Å². The Labute approximate surface area is 174 Å². The fourth-order valence-electron chi connectivity index (χ4n) is 3.21. The molecule has 0 bridgehead atoms. The van der Waals surface area contributed by atoms with Crippen molar-refractivity contribution < 1.29 is 4.74 Å². The van der Waals surface area contributed by atoms with E-state index in [1.165, 1.54) is 5.56 Å². The predicted molar refractivity (Wildman–Crippen MR) is 114 cm³/mol. The van der Waals surface area contributed by atoms with Crippen LogP contribution in [-0.2, 0) is 11.3 Å².